The maximum absolute atomic E-state index is 13.6. The average Bonchev–Trinajstić information content (AvgIpc) is 3.09. The van der Waals surface area contributed by atoms with Crippen LogP contribution in [0.2, 0.25) is 5.02 Å². The second kappa shape index (κ2) is 7.29. The Hall–Kier alpha value is -3.25. The van der Waals surface area contributed by atoms with Gasteiger partial charge < -0.3 is 9.73 Å². The molecule has 0 spiro atoms. The molecule has 0 unspecified atom stereocenters. The SMILES string of the molecule is Cc1ccc(C(=O)Nc2ccc3oc(-c4cc(F)c(F)cc4Cl)nc3c2)cc1C. The number of hydrogen-bond donors (Lipinski definition) is 1. The minimum absolute atomic E-state index is 0.0151. The molecule has 0 aliphatic rings. The van der Waals surface area contributed by atoms with Crippen LogP contribution in [0.4, 0.5) is 14.5 Å². The van der Waals surface area contributed by atoms with Crippen LogP contribution in [-0.4, -0.2) is 10.9 Å². The summed E-state index contributed by atoms with van der Waals surface area (Å²) in [6.45, 7) is 3.92. The molecule has 1 amide bonds. The molecule has 0 radical (unpaired) electrons. The fourth-order valence-electron chi connectivity index (χ4n) is 2.89. The number of aryl methyl sites for hydroxylation is 2. The van der Waals surface area contributed by atoms with Crippen LogP contribution in [0.5, 0.6) is 0 Å². The van der Waals surface area contributed by atoms with Gasteiger partial charge in [-0.2, -0.15) is 0 Å². The first-order valence-corrected chi connectivity index (χ1v) is 9.14. The number of benzene rings is 3. The van der Waals surface area contributed by atoms with E-state index in [4.69, 9.17) is 16.0 Å². The van der Waals surface area contributed by atoms with E-state index in [9.17, 15) is 13.6 Å². The van der Waals surface area contributed by atoms with Crippen LogP contribution in [-0.2, 0) is 0 Å². The first-order valence-electron chi connectivity index (χ1n) is 8.76. The minimum atomic E-state index is -1.05. The van der Waals surface area contributed by atoms with E-state index in [0.29, 0.717) is 22.4 Å². The number of carbonyl (C=O) groups is 1. The van der Waals surface area contributed by atoms with E-state index >= 15 is 0 Å². The van der Waals surface area contributed by atoms with E-state index in [1.807, 2.05) is 26.0 Å². The molecule has 0 aliphatic heterocycles. The summed E-state index contributed by atoms with van der Waals surface area (Å²) >= 11 is 5.99. The lowest BCUT2D eigenvalue weighted by Crippen LogP contribution is -2.12. The molecule has 4 aromatic rings. The van der Waals surface area contributed by atoms with Gasteiger partial charge in [0.05, 0.1) is 10.6 Å². The predicted molar refractivity (Wildman–Crippen MR) is 108 cm³/mol. The van der Waals surface area contributed by atoms with Crippen molar-refractivity contribution in [1.82, 2.24) is 4.98 Å². The second-order valence-electron chi connectivity index (χ2n) is 6.70. The summed E-state index contributed by atoms with van der Waals surface area (Å²) in [4.78, 5) is 16.8. The summed E-state index contributed by atoms with van der Waals surface area (Å²) in [5.74, 6) is -2.29. The standard InChI is InChI=1S/C22H15ClF2N2O2/c1-11-3-4-13(7-12(11)2)21(28)26-14-5-6-20-19(8-14)27-22(29-20)15-9-17(24)18(25)10-16(15)23/h3-10H,1-2H3,(H,26,28). The molecule has 146 valence electrons. The number of oxazole rings is 1. The highest BCUT2D eigenvalue weighted by atomic mass is 35.5. The van der Waals surface area contributed by atoms with Gasteiger partial charge in [0.15, 0.2) is 17.2 Å². The third kappa shape index (κ3) is 3.71. The zero-order chi connectivity index (χ0) is 20.7. The van der Waals surface area contributed by atoms with E-state index in [0.717, 1.165) is 23.3 Å². The average molecular weight is 413 g/mol. The highest BCUT2D eigenvalue weighted by molar-refractivity contribution is 6.33. The lowest BCUT2D eigenvalue weighted by molar-refractivity contribution is 0.102. The smallest absolute Gasteiger partial charge is 0.255 e. The Bertz CT molecular complexity index is 1270. The van der Waals surface area contributed by atoms with Gasteiger partial charge in [0.25, 0.3) is 5.91 Å². The summed E-state index contributed by atoms with van der Waals surface area (Å²) in [6.07, 6.45) is 0. The number of nitrogens with zero attached hydrogens (tertiary/aromatic N) is 1. The lowest BCUT2D eigenvalue weighted by atomic mass is 10.1. The van der Waals surface area contributed by atoms with E-state index in [1.54, 1.807) is 24.3 Å². The van der Waals surface area contributed by atoms with Crippen molar-refractivity contribution in [3.05, 3.63) is 81.9 Å². The minimum Gasteiger partial charge on any atom is -0.436 e. The molecule has 1 heterocycles. The Kier molecular flexibility index (Phi) is 4.80. The summed E-state index contributed by atoms with van der Waals surface area (Å²) in [5, 5.41) is 2.80. The third-order valence-electron chi connectivity index (χ3n) is 4.65. The van der Waals surface area contributed by atoms with Gasteiger partial charge in [-0.15, -0.1) is 0 Å². The largest absolute Gasteiger partial charge is 0.436 e. The number of nitrogens with one attached hydrogen (secondary N) is 1. The van der Waals surface area contributed by atoms with Gasteiger partial charge in [0, 0.05) is 11.3 Å². The highest BCUT2D eigenvalue weighted by Gasteiger charge is 2.16. The Labute approximate surface area is 170 Å². The van der Waals surface area contributed by atoms with Crippen LogP contribution < -0.4 is 5.32 Å². The maximum Gasteiger partial charge on any atom is 0.255 e. The van der Waals surface area contributed by atoms with E-state index in [1.165, 1.54) is 0 Å². The number of aromatic nitrogens is 1. The van der Waals surface area contributed by atoms with Crippen LogP contribution in [0.1, 0.15) is 21.5 Å². The number of carbonyl (C=O) groups excluding carboxylic acids is 1. The summed E-state index contributed by atoms with van der Waals surface area (Å²) < 4.78 is 32.5. The fraction of sp³-hybridized carbons (Fsp3) is 0.0909. The molecule has 0 saturated carbocycles. The first kappa shape index (κ1) is 19.1. The van der Waals surface area contributed by atoms with Gasteiger partial charge >= 0.3 is 0 Å². The monoisotopic (exact) mass is 412 g/mol. The van der Waals surface area contributed by atoms with Gasteiger partial charge in [-0.1, -0.05) is 17.7 Å². The Morgan fingerprint density at radius 3 is 2.52 bits per heavy atom. The van der Waals surface area contributed by atoms with Crippen LogP contribution >= 0.6 is 11.6 Å². The maximum atomic E-state index is 13.6. The molecule has 0 aliphatic carbocycles. The van der Waals surface area contributed by atoms with Crippen LogP contribution in [0.3, 0.4) is 0 Å². The number of fused-ring (bicyclic) bond motifs is 1. The molecule has 1 aromatic heterocycles. The lowest BCUT2D eigenvalue weighted by Gasteiger charge is -2.07. The summed E-state index contributed by atoms with van der Waals surface area (Å²) in [7, 11) is 0. The van der Waals surface area contributed by atoms with Crippen molar-refractivity contribution in [1.29, 1.82) is 0 Å². The molecule has 0 saturated heterocycles. The summed E-state index contributed by atoms with van der Waals surface area (Å²) in [5.41, 5.74) is 4.21. The number of halogens is 3. The molecular weight excluding hydrogens is 398 g/mol. The van der Waals surface area contributed by atoms with Crippen molar-refractivity contribution in [3.8, 4) is 11.5 Å². The van der Waals surface area contributed by atoms with Gasteiger partial charge in [0.2, 0.25) is 5.89 Å². The van der Waals surface area contributed by atoms with E-state index in [-0.39, 0.29) is 22.4 Å². The summed E-state index contributed by atoms with van der Waals surface area (Å²) in [6, 6.07) is 12.2. The molecule has 0 fully saturated rings. The highest BCUT2D eigenvalue weighted by Crippen LogP contribution is 2.32. The molecule has 1 N–H and O–H groups in total. The van der Waals surface area contributed by atoms with Crippen molar-refractivity contribution in [3.63, 3.8) is 0 Å². The third-order valence-corrected chi connectivity index (χ3v) is 4.97. The van der Waals surface area contributed by atoms with Gasteiger partial charge in [-0.05, 0) is 67.4 Å². The molecule has 3 aromatic carbocycles. The zero-order valence-electron chi connectivity index (χ0n) is 15.5. The van der Waals surface area contributed by atoms with E-state index in [2.05, 4.69) is 10.3 Å². The van der Waals surface area contributed by atoms with Gasteiger partial charge in [-0.25, -0.2) is 13.8 Å². The zero-order valence-corrected chi connectivity index (χ0v) is 16.3. The molecule has 0 atom stereocenters. The molecule has 7 heteroatoms. The van der Waals surface area contributed by atoms with Crippen LogP contribution in [0, 0.1) is 25.5 Å². The van der Waals surface area contributed by atoms with Crippen molar-refractivity contribution in [2.45, 2.75) is 13.8 Å². The topological polar surface area (TPSA) is 55.1 Å². The second-order valence-corrected chi connectivity index (χ2v) is 7.11. The Morgan fingerprint density at radius 1 is 1.00 bits per heavy atom. The first-order chi connectivity index (χ1) is 13.8. The normalized spacial score (nSPS) is 11.1. The van der Waals surface area contributed by atoms with Crippen molar-refractivity contribution < 1.29 is 18.0 Å². The number of amides is 1. The predicted octanol–water partition coefficient (Wildman–Crippen LogP) is 6.30. The number of hydrogen-bond acceptors (Lipinski definition) is 3. The molecule has 4 nitrogen and oxygen atoms in total. The Balaban J connectivity index is 1.64. The van der Waals surface area contributed by atoms with Crippen molar-refractivity contribution >= 4 is 34.3 Å². The van der Waals surface area contributed by atoms with Crippen LogP contribution in [0.15, 0.2) is 52.9 Å². The van der Waals surface area contributed by atoms with Crippen molar-refractivity contribution in [2.24, 2.45) is 0 Å². The Morgan fingerprint density at radius 2 is 1.76 bits per heavy atom. The van der Waals surface area contributed by atoms with Crippen LogP contribution in [0.25, 0.3) is 22.6 Å². The van der Waals surface area contributed by atoms with E-state index < -0.39 is 11.6 Å². The number of rotatable bonds is 3. The number of anilines is 1. The molecule has 29 heavy (non-hydrogen) atoms. The molecule has 0 bridgehead atoms. The fourth-order valence-corrected chi connectivity index (χ4v) is 3.12. The van der Waals surface area contributed by atoms with Crippen molar-refractivity contribution in [2.75, 3.05) is 5.32 Å². The molecule has 4 rings (SSSR count). The van der Waals surface area contributed by atoms with Gasteiger partial charge in [-0.3, -0.25) is 4.79 Å². The van der Waals surface area contributed by atoms with Gasteiger partial charge in [0.1, 0.15) is 5.52 Å². The quantitative estimate of drug-likeness (QED) is 0.402. The molecular formula is C22H15ClF2N2O2.